The monoisotopic (exact) mass is 264 g/mol. The van der Waals surface area contributed by atoms with Crippen LogP contribution in [-0.2, 0) is 11.2 Å². The van der Waals surface area contributed by atoms with Crippen molar-refractivity contribution in [1.82, 2.24) is 10.6 Å². The summed E-state index contributed by atoms with van der Waals surface area (Å²) >= 11 is 0. The molecule has 0 saturated heterocycles. The number of phenols is 1. The zero-order valence-corrected chi connectivity index (χ0v) is 11.6. The summed E-state index contributed by atoms with van der Waals surface area (Å²) in [6, 6.07) is 7.08. The van der Waals surface area contributed by atoms with E-state index in [9.17, 15) is 4.79 Å². The van der Waals surface area contributed by atoms with Gasteiger partial charge in [-0.25, -0.2) is 0 Å². The van der Waals surface area contributed by atoms with Gasteiger partial charge in [-0.15, -0.1) is 0 Å². The molecule has 1 aromatic rings. The van der Waals surface area contributed by atoms with Gasteiger partial charge in [0.25, 0.3) is 0 Å². The highest BCUT2D eigenvalue weighted by atomic mass is 16.3. The Morgan fingerprint density at radius 1 is 1.11 bits per heavy atom. The number of phenolic OH excluding ortho intramolecular Hbond substituents is 1. The van der Waals surface area contributed by atoms with Gasteiger partial charge in [0.2, 0.25) is 5.91 Å². The largest absolute Gasteiger partial charge is 0.508 e. The van der Waals surface area contributed by atoms with Gasteiger partial charge in [-0.3, -0.25) is 4.79 Å². The molecule has 19 heavy (non-hydrogen) atoms. The van der Waals surface area contributed by atoms with E-state index in [1.165, 1.54) is 0 Å². The molecule has 0 saturated carbocycles. The van der Waals surface area contributed by atoms with Gasteiger partial charge in [0.1, 0.15) is 5.75 Å². The minimum atomic E-state index is 0.128. The molecule has 0 aliphatic carbocycles. The Morgan fingerprint density at radius 2 is 1.84 bits per heavy atom. The fourth-order valence-corrected chi connectivity index (χ4v) is 1.86. The van der Waals surface area contributed by atoms with Gasteiger partial charge in [-0.05, 0) is 50.6 Å². The molecule has 4 heteroatoms. The van der Waals surface area contributed by atoms with Crippen molar-refractivity contribution < 1.29 is 9.90 Å². The van der Waals surface area contributed by atoms with E-state index in [2.05, 4.69) is 10.6 Å². The summed E-state index contributed by atoms with van der Waals surface area (Å²) < 4.78 is 0. The number of hydrogen-bond donors (Lipinski definition) is 3. The molecular weight excluding hydrogens is 240 g/mol. The van der Waals surface area contributed by atoms with Crippen molar-refractivity contribution in [3.8, 4) is 5.75 Å². The smallest absolute Gasteiger partial charge is 0.220 e. The number of rotatable bonds is 9. The normalized spacial score (nSPS) is 10.4. The molecule has 1 rings (SSSR count). The van der Waals surface area contributed by atoms with Crippen LogP contribution in [0.15, 0.2) is 24.3 Å². The quantitative estimate of drug-likeness (QED) is 0.596. The maximum atomic E-state index is 11.6. The predicted molar refractivity (Wildman–Crippen MR) is 77.2 cm³/mol. The number of amides is 1. The van der Waals surface area contributed by atoms with E-state index >= 15 is 0 Å². The highest BCUT2D eigenvalue weighted by Gasteiger charge is 2.00. The maximum absolute atomic E-state index is 11.6. The summed E-state index contributed by atoms with van der Waals surface area (Å²) in [5.41, 5.74) is 1.12. The molecule has 1 aromatic carbocycles. The zero-order valence-electron chi connectivity index (χ0n) is 11.6. The van der Waals surface area contributed by atoms with E-state index in [1.54, 1.807) is 12.1 Å². The van der Waals surface area contributed by atoms with Crippen LogP contribution in [0.3, 0.4) is 0 Å². The van der Waals surface area contributed by atoms with Crippen LogP contribution >= 0.6 is 0 Å². The Morgan fingerprint density at radius 3 is 2.53 bits per heavy atom. The molecule has 0 spiro atoms. The van der Waals surface area contributed by atoms with Gasteiger partial charge in [0.15, 0.2) is 0 Å². The molecule has 4 nitrogen and oxygen atoms in total. The molecular formula is C15H24N2O2. The number of carbonyl (C=O) groups excluding carboxylic acids is 1. The molecule has 0 heterocycles. The van der Waals surface area contributed by atoms with Crippen LogP contribution in [0, 0.1) is 0 Å². The van der Waals surface area contributed by atoms with Gasteiger partial charge in [-0.1, -0.05) is 18.6 Å². The Hall–Kier alpha value is -1.55. The minimum absolute atomic E-state index is 0.128. The van der Waals surface area contributed by atoms with E-state index in [0.717, 1.165) is 37.8 Å². The lowest BCUT2D eigenvalue weighted by Crippen LogP contribution is -2.25. The number of hydrogen-bond acceptors (Lipinski definition) is 3. The minimum Gasteiger partial charge on any atom is -0.508 e. The Balaban J connectivity index is 2.05. The molecule has 0 radical (unpaired) electrons. The third-order valence-electron chi connectivity index (χ3n) is 3.00. The van der Waals surface area contributed by atoms with Crippen LogP contribution in [0.5, 0.6) is 5.75 Å². The second-order valence-corrected chi connectivity index (χ2v) is 4.68. The standard InChI is InChI=1S/C15H24N2O2/c1-16-11-4-2-3-5-15(19)17-12-10-13-6-8-14(18)9-7-13/h6-9,16,18H,2-5,10-12H2,1H3,(H,17,19). The van der Waals surface area contributed by atoms with Crippen LogP contribution in [0.1, 0.15) is 31.2 Å². The lowest BCUT2D eigenvalue weighted by Gasteiger charge is -2.05. The lowest BCUT2D eigenvalue weighted by molar-refractivity contribution is -0.121. The molecule has 0 aliphatic rings. The van der Waals surface area contributed by atoms with Crippen molar-refractivity contribution in [3.63, 3.8) is 0 Å². The van der Waals surface area contributed by atoms with Crippen molar-refractivity contribution >= 4 is 5.91 Å². The fourth-order valence-electron chi connectivity index (χ4n) is 1.86. The summed E-state index contributed by atoms with van der Waals surface area (Å²) in [5, 5.41) is 15.2. The second-order valence-electron chi connectivity index (χ2n) is 4.68. The highest BCUT2D eigenvalue weighted by molar-refractivity contribution is 5.75. The number of benzene rings is 1. The van der Waals surface area contributed by atoms with E-state index in [1.807, 2.05) is 19.2 Å². The first-order valence-corrected chi connectivity index (χ1v) is 6.91. The number of carbonyl (C=O) groups is 1. The molecule has 0 aliphatic heterocycles. The summed E-state index contributed by atoms with van der Waals surface area (Å²) in [7, 11) is 1.94. The first-order chi connectivity index (χ1) is 9.22. The molecule has 106 valence electrons. The van der Waals surface area contributed by atoms with Gasteiger partial charge < -0.3 is 15.7 Å². The first-order valence-electron chi connectivity index (χ1n) is 6.91. The van der Waals surface area contributed by atoms with Crippen molar-refractivity contribution in [1.29, 1.82) is 0 Å². The van der Waals surface area contributed by atoms with Crippen molar-refractivity contribution in [2.45, 2.75) is 32.1 Å². The van der Waals surface area contributed by atoms with E-state index in [-0.39, 0.29) is 11.7 Å². The molecule has 0 bridgehead atoms. The average Bonchev–Trinajstić information content (AvgIpc) is 2.41. The third kappa shape index (κ3) is 7.47. The molecule has 1 amide bonds. The Kier molecular flexibility index (Phi) is 7.66. The van der Waals surface area contributed by atoms with Gasteiger partial charge in [0.05, 0.1) is 0 Å². The summed E-state index contributed by atoms with van der Waals surface area (Å²) in [5.74, 6) is 0.401. The first kappa shape index (κ1) is 15.5. The predicted octanol–water partition coefficient (Wildman–Crippen LogP) is 1.83. The topological polar surface area (TPSA) is 61.4 Å². The highest BCUT2D eigenvalue weighted by Crippen LogP contribution is 2.09. The molecule has 0 fully saturated rings. The summed E-state index contributed by atoms with van der Waals surface area (Å²) in [6.07, 6.45) is 4.57. The molecule has 0 unspecified atom stereocenters. The lowest BCUT2D eigenvalue weighted by atomic mass is 10.1. The van der Waals surface area contributed by atoms with Crippen molar-refractivity contribution in [3.05, 3.63) is 29.8 Å². The SMILES string of the molecule is CNCCCCCC(=O)NCCc1ccc(O)cc1. The zero-order chi connectivity index (χ0) is 13.9. The Labute approximate surface area is 115 Å². The maximum Gasteiger partial charge on any atom is 0.220 e. The van der Waals surface area contributed by atoms with Crippen LogP contribution < -0.4 is 10.6 Å². The van der Waals surface area contributed by atoms with Crippen molar-refractivity contribution in [2.75, 3.05) is 20.1 Å². The van der Waals surface area contributed by atoms with Crippen molar-refractivity contribution in [2.24, 2.45) is 0 Å². The van der Waals surface area contributed by atoms with Crippen LogP contribution in [0.25, 0.3) is 0 Å². The van der Waals surface area contributed by atoms with E-state index in [4.69, 9.17) is 5.11 Å². The van der Waals surface area contributed by atoms with Gasteiger partial charge in [0, 0.05) is 13.0 Å². The Bertz CT molecular complexity index is 363. The third-order valence-corrected chi connectivity index (χ3v) is 3.00. The van der Waals surface area contributed by atoms with Crippen LogP contribution in [-0.4, -0.2) is 31.2 Å². The average molecular weight is 264 g/mol. The number of aromatic hydroxyl groups is 1. The van der Waals surface area contributed by atoms with Gasteiger partial charge >= 0.3 is 0 Å². The number of nitrogens with one attached hydrogen (secondary N) is 2. The fraction of sp³-hybridized carbons (Fsp3) is 0.533. The van der Waals surface area contributed by atoms with Crippen LogP contribution in [0.2, 0.25) is 0 Å². The van der Waals surface area contributed by atoms with Crippen LogP contribution in [0.4, 0.5) is 0 Å². The number of unbranched alkanes of at least 4 members (excludes halogenated alkanes) is 2. The summed E-state index contributed by atoms with van der Waals surface area (Å²) in [6.45, 7) is 1.67. The molecule has 3 N–H and O–H groups in total. The van der Waals surface area contributed by atoms with Gasteiger partial charge in [-0.2, -0.15) is 0 Å². The van der Waals surface area contributed by atoms with E-state index < -0.39 is 0 Å². The second kappa shape index (κ2) is 9.39. The molecule has 0 aromatic heterocycles. The summed E-state index contributed by atoms with van der Waals surface area (Å²) in [4.78, 5) is 11.6. The molecule has 0 atom stereocenters. The van der Waals surface area contributed by atoms with E-state index in [0.29, 0.717) is 13.0 Å².